The van der Waals surface area contributed by atoms with Crippen molar-refractivity contribution in [2.24, 2.45) is 0 Å². The Bertz CT molecular complexity index is 359. The van der Waals surface area contributed by atoms with Crippen molar-refractivity contribution in [2.45, 2.75) is 24.8 Å². The highest BCUT2D eigenvalue weighted by atomic mass is 16.5. The van der Waals surface area contributed by atoms with Gasteiger partial charge in [0.25, 0.3) is 0 Å². The normalized spacial score (nSPS) is 25.1. The standard InChI is InChI=1S/C12H16N2O2/c1-16-11(15)12(6-2-3-7-14-12)10-4-8-13-9-5-10/h4-5,8-9,14H,2-3,6-7H2,1H3. The number of hydrogen-bond donors (Lipinski definition) is 1. The molecule has 2 heterocycles. The van der Waals surface area contributed by atoms with Gasteiger partial charge in [-0.25, -0.2) is 4.79 Å². The average molecular weight is 220 g/mol. The second kappa shape index (κ2) is 4.61. The SMILES string of the molecule is COC(=O)C1(c2ccncc2)CCCCN1. The lowest BCUT2D eigenvalue weighted by Crippen LogP contribution is -2.52. The molecule has 1 aliphatic heterocycles. The molecule has 0 bridgehead atoms. The summed E-state index contributed by atoms with van der Waals surface area (Å²) in [6.45, 7) is 0.845. The maximum atomic E-state index is 12.0. The van der Waals surface area contributed by atoms with Crippen molar-refractivity contribution in [3.8, 4) is 0 Å². The summed E-state index contributed by atoms with van der Waals surface area (Å²) in [4.78, 5) is 16.0. The van der Waals surface area contributed by atoms with E-state index in [2.05, 4.69) is 10.3 Å². The largest absolute Gasteiger partial charge is 0.467 e. The predicted octanol–water partition coefficient (Wildman–Crippen LogP) is 1.22. The van der Waals surface area contributed by atoms with Crippen molar-refractivity contribution >= 4 is 5.97 Å². The maximum absolute atomic E-state index is 12.0. The topological polar surface area (TPSA) is 51.2 Å². The lowest BCUT2D eigenvalue weighted by atomic mass is 9.83. The molecule has 16 heavy (non-hydrogen) atoms. The molecule has 1 N–H and O–H groups in total. The van der Waals surface area contributed by atoms with E-state index in [1.54, 1.807) is 12.4 Å². The van der Waals surface area contributed by atoms with Gasteiger partial charge in [0.2, 0.25) is 0 Å². The summed E-state index contributed by atoms with van der Waals surface area (Å²) in [6.07, 6.45) is 6.32. The Hall–Kier alpha value is -1.42. The smallest absolute Gasteiger partial charge is 0.330 e. The predicted molar refractivity (Wildman–Crippen MR) is 59.8 cm³/mol. The third kappa shape index (κ3) is 1.80. The van der Waals surface area contributed by atoms with Crippen molar-refractivity contribution in [1.82, 2.24) is 10.3 Å². The fourth-order valence-electron chi connectivity index (χ4n) is 2.25. The van der Waals surface area contributed by atoms with Gasteiger partial charge in [0.05, 0.1) is 7.11 Å². The number of ether oxygens (including phenoxy) is 1. The summed E-state index contributed by atoms with van der Waals surface area (Å²) < 4.78 is 4.93. The van der Waals surface area contributed by atoms with E-state index in [9.17, 15) is 4.79 Å². The number of hydrogen-bond acceptors (Lipinski definition) is 4. The highest BCUT2D eigenvalue weighted by Gasteiger charge is 2.42. The minimum atomic E-state index is -0.671. The number of rotatable bonds is 2. The Morgan fingerprint density at radius 1 is 1.44 bits per heavy atom. The Labute approximate surface area is 95.0 Å². The van der Waals surface area contributed by atoms with Crippen LogP contribution in [0.3, 0.4) is 0 Å². The highest BCUT2D eigenvalue weighted by Crippen LogP contribution is 2.31. The summed E-state index contributed by atoms with van der Waals surface area (Å²) >= 11 is 0. The summed E-state index contributed by atoms with van der Waals surface area (Å²) in [5.41, 5.74) is 0.268. The Morgan fingerprint density at radius 3 is 2.75 bits per heavy atom. The van der Waals surface area contributed by atoms with Crippen molar-refractivity contribution < 1.29 is 9.53 Å². The maximum Gasteiger partial charge on any atom is 0.330 e. The number of nitrogens with one attached hydrogen (secondary N) is 1. The first-order chi connectivity index (χ1) is 7.79. The lowest BCUT2D eigenvalue weighted by molar-refractivity contribution is -0.150. The van der Waals surface area contributed by atoms with Crippen LogP contribution in [0.4, 0.5) is 0 Å². The first kappa shape index (κ1) is 11.1. The molecule has 2 rings (SSSR count). The number of carbonyl (C=O) groups excluding carboxylic acids is 1. The summed E-state index contributed by atoms with van der Waals surface area (Å²) in [6, 6.07) is 3.74. The van der Waals surface area contributed by atoms with Crippen LogP contribution in [0, 0.1) is 0 Å². The molecule has 1 aromatic rings. The fraction of sp³-hybridized carbons (Fsp3) is 0.500. The van der Waals surface area contributed by atoms with E-state index in [4.69, 9.17) is 4.74 Å². The second-order valence-electron chi connectivity index (χ2n) is 4.02. The molecule has 1 unspecified atom stereocenters. The number of piperidine rings is 1. The Balaban J connectivity index is 2.38. The number of pyridine rings is 1. The molecular formula is C12H16N2O2. The molecule has 1 aliphatic rings. The van der Waals surface area contributed by atoms with Gasteiger partial charge in [-0.3, -0.25) is 10.3 Å². The highest BCUT2D eigenvalue weighted by molar-refractivity contribution is 5.82. The molecule has 1 aromatic heterocycles. The number of aromatic nitrogens is 1. The third-order valence-corrected chi connectivity index (χ3v) is 3.11. The first-order valence-corrected chi connectivity index (χ1v) is 5.53. The first-order valence-electron chi connectivity index (χ1n) is 5.53. The van der Waals surface area contributed by atoms with Gasteiger partial charge in [0, 0.05) is 12.4 Å². The molecule has 0 aromatic carbocycles. The summed E-state index contributed by atoms with van der Waals surface area (Å²) in [5, 5.41) is 3.30. The van der Waals surface area contributed by atoms with E-state index >= 15 is 0 Å². The van der Waals surface area contributed by atoms with Crippen LogP contribution in [0.15, 0.2) is 24.5 Å². The van der Waals surface area contributed by atoms with E-state index in [1.807, 2.05) is 12.1 Å². The van der Waals surface area contributed by atoms with Gasteiger partial charge in [-0.1, -0.05) is 0 Å². The third-order valence-electron chi connectivity index (χ3n) is 3.11. The van der Waals surface area contributed by atoms with Crippen LogP contribution in [-0.2, 0) is 15.1 Å². The van der Waals surface area contributed by atoms with Crippen molar-refractivity contribution in [1.29, 1.82) is 0 Å². The van der Waals surface area contributed by atoms with Crippen LogP contribution >= 0.6 is 0 Å². The lowest BCUT2D eigenvalue weighted by Gasteiger charge is -2.35. The molecule has 0 radical (unpaired) electrons. The van der Waals surface area contributed by atoms with Gasteiger partial charge in [-0.2, -0.15) is 0 Å². The second-order valence-corrected chi connectivity index (χ2v) is 4.02. The molecule has 0 amide bonds. The molecule has 4 nitrogen and oxygen atoms in total. The van der Waals surface area contributed by atoms with Crippen molar-refractivity contribution in [3.63, 3.8) is 0 Å². The zero-order valence-corrected chi connectivity index (χ0v) is 9.40. The van der Waals surface area contributed by atoms with E-state index in [1.165, 1.54) is 7.11 Å². The van der Waals surface area contributed by atoms with Crippen LogP contribution in [0.2, 0.25) is 0 Å². The van der Waals surface area contributed by atoms with E-state index < -0.39 is 5.54 Å². The van der Waals surface area contributed by atoms with Gasteiger partial charge in [-0.15, -0.1) is 0 Å². The molecule has 1 atom stereocenters. The molecular weight excluding hydrogens is 204 g/mol. The van der Waals surface area contributed by atoms with Crippen LogP contribution < -0.4 is 5.32 Å². The summed E-state index contributed by atoms with van der Waals surface area (Å²) in [5.74, 6) is -0.210. The number of esters is 1. The minimum Gasteiger partial charge on any atom is -0.467 e. The van der Waals surface area contributed by atoms with Crippen LogP contribution in [0.5, 0.6) is 0 Å². The molecule has 1 saturated heterocycles. The molecule has 4 heteroatoms. The zero-order valence-electron chi connectivity index (χ0n) is 9.40. The molecule has 0 saturated carbocycles. The molecule has 86 valence electrons. The van der Waals surface area contributed by atoms with Crippen LogP contribution in [0.25, 0.3) is 0 Å². The molecule has 1 fully saturated rings. The van der Waals surface area contributed by atoms with Crippen molar-refractivity contribution in [2.75, 3.05) is 13.7 Å². The van der Waals surface area contributed by atoms with E-state index in [0.29, 0.717) is 0 Å². The summed E-state index contributed by atoms with van der Waals surface area (Å²) in [7, 11) is 1.43. The van der Waals surface area contributed by atoms with Gasteiger partial charge in [0.15, 0.2) is 0 Å². The molecule has 0 aliphatic carbocycles. The van der Waals surface area contributed by atoms with E-state index in [0.717, 1.165) is 31.4 Å². The van der Waals surface area contributed by atoms with Gasteiger partial charge in [0.1, 0.15) is 5.54 Å². The van der Waals surface area contributed by atoms with E-state index in [-0.39, 0.29) is 5.97 Å². The minimum absolute atomic E-state index is 0.210. The Morgan fingerprint density at radius 2 is 2.19 bits per heavy atom. The van der Waals surface area contributed by atoms with Crippen LogP contribution in [-0.4, -0.2) is 24.6 Å². The van der Waals surface area contributed by atoms with Crippen molar-refractivity contribution in [3.05, 3.63) is 30.1 Å². The van der Waals surface area contributed by atoms with Crippen LogP contribution in [0.1, 0.15) is 24.8 Å². The van der Waals surface area contributed by atoms with Gasteiger partial charge < -0.3 is 4.74 Å². The quantitative estimate of drug-likeness (QED) is 0.761. The van der Waals surface area contributed by atoms with Gasteiger partial charge in [-0.05, 0) is 43.5 Å². The fourth-order valence-corrected chi connectivity index (χ4v) is 2.25. The Kier molecular flexibility index (Phi) is 3.19. The number of carbonyl (C=O) groups is 1. The molecule has 0 spiro atoms. The zero-order chi connectivity index (χ0) is 11.4. The van der Waals surface area contributed by atoms with Gasteiger partial charge >= 0.3 is 5.97 Å². The monoisotopic (exact) mass is 220 g/mol. The average Bonchev–Trinajstić information content (AvgIpc) is 2.39. The number of nitrogens with zero attached hydrogens (tertiary/aromatic N) is 1. The number of methoxy groups -OCH3 is 1.